The molecule has 2 aromatic carbocycles. The van der Waals surface area contributed by atoms with E-state index in [-0.39, 0.29) is 16.3 Å². The average Bonchev–Trinajstić information content (AvgIpc) is 3.45. The summed E-state index contributed by atoms with van der Waals surface area (Å²) in [6.45, 7) is 0. The van der Waals surface area contributed by atoms with Crippen LogP contribution in [0.1, 0.15) is 41.7 Å². The molecule has 0 spiro atoms. The third-order valence-corrected chi connectivity index (χ3v) is 7.74. The van der Waals surface area contributed by atoms with Crippen molar-refractivity contribution in [1.82, 2.24) is 9.78 Å². The second kappa shape index (κ2) is 8.42. The van der Waals surface area contributed by atoms with Gasteiger partial charge in [-0.1, -0.05) is 31.0 Å². The van der Waals surface area contributed by atoms with Gasteiger partial charge in [0.05, 0.1) is 27.6 Å². The molecule has 0 saturated heterocycles. The molecule has 0 unspecified atom stereocenters. The molecular formula is C22H20F3N3O3S. The van der Waals surface area contributed by atoms with Crippen molar-refractivity contribution in [2.45, 2.75) is 42.0 Å². The van der Waals surface area contributed by atoms with Gasteiger partial charge in [0.1, 0.15) is 0 Å². The predicted octanol–water partition coefficient (Wildman–Crippen LogP) is 4.86. The standard InChI is InChI=1S/C22H20F3N3O3S/c23-22(24,25)20-19(14-26-28(20)16-6-2-1-3-7-16)21(29)27-15-10-12-18(13-11-15)32(30,31)17-8-4-5-9-17/h1-3,6-7,10-14,17H,4-5,8-9H2,(H,27,29). The number of nitrogens with one attached hydrogen (secondary N) is 1. The molecule has 1 N–H and O–H groups in total. The molecule has 0 aliphatic heterocycles. The van der Waals surface area contributed by atoms with Crippen LogP contribution in [-0.2, 0) is 16.0 Å². The van der Waals surface area contributed by atoms with Crippen LogP contribution in [0.3, 0.4) is 0 Å². The Kier molecular flexibility index (Phi) is 5.81. The summed E-state index contributed by atoms with van der Waals surface area (Å²) < 4.78 is 67.2. The second-order valence-electron chi connectivity index (χ2n) is 7.58. The van der Waals surface area contributed by atoms with Gasteiger partial charge in [-0.05, 0) is 49.2 Å². The molecule has 1 aliphatic carbocycles. The van der Waals surface area contributed by atoms with Gasteiger partial charge < -0.3 is 5.32 Å². The minimum Gasteiger partial charge on any atom is -0.322 e. The summed E-state index contributed by atoms with van der Waals surface area (Å²) in [6.07, 6.45) is -0.978. The van der Waals surface area contributed by atoms with E-state index in [4.69, 9.17) is 0 Å². The molecule has 4 rings (SSSR count). The van der Waals surface area contributed by atoms with Gasteiger partial charge in [0.15, 0.2) is 15.5 Å². The quantitative estimate of drug-likeness (QED) is 0.586. The lowest BCUT2D eigenvalue weighted by atomic mass is 10.2. The van der Waals surface area contributed by atoms with E-state index in [9.17, 15) is 26.4 Å². The van der Waals surface area contributed by atoms with Crippen molar-refractivity contribution in [2.75, 3.05) is 5.32 Å². The summed E-state index contributed by atoms with van der Waals surface area (Å²) >= 11 is 0. The molecule has 1 aromatic heterocycles. The maximum Gasteiger partial charge on any atom is 0.434 e. The highest BCUT2D eigenvalue weighted by Gasteiger charge is 2.40. The number of benzene rings is 2. The third kappa shape index (κ3) is 4.27. The minimum atomic E-state index is -4.82. The zero-order valence-electron chi connectivity index (χ0n) is 16.8. The highest BCUT2D eigenvalue weighted by Crippen LogP contribution is 2.34. The van der Waals surface area contributed by atoms with Crippen LogP contribution in [0.15, 0.2) is 65.7 Å². The van der Waals surface area contributed by atoms with Crippen molar-refractivity contribution in [1.29, 1.82) is 0 Å². The fraction of sp³-hybridized carbons (Fsp3) is 0.273. The Morgan fingerprint density at radius 2 is 1.62 bits per heavy atom. The van der Waals surface area contributed by atoms with Crippen LogP contribution in [0.25, 0.3) is 5.69 Å². The Labute approximate surface area is 183 Å². The molecule has 1 saturated carbocycles. The van der Waals surface area contributed by atoms with Crippen molar-refractivity contribution in [3.63, 3.8) is 0 Å². The number of carbonyl (C=O) groups is 1. The van der Waals surface area contributed by atoms with Crippen LogP contribution in [0.4, 0.5) is 18.9 Å². The normalized spacial score (nSPS) is 15.1. The number of carbonyl (C=O) groups excluding carboxylic acids is 1. The molecule has 168 valence electrons. The van der Waals surface area contributed by atoms with Gasteiger partial charge >= 0.3 is 6.18 Å². The predicted molar refractivity (Wildman–Crippen MR) is 112 cm³/mol. The zero-order valence-corrected chi connectivity index (χ0v) is 17.7. The van der Waals surface area contributed by atoms with E-state index in [1.807, 2.05) is 0 Å². The Morgan fingerprint density at radius 3 is 2.22 bits per heavy atom. The first-order valence-electron chi connectivity index (χ1n) is 10.0. The van der Waals surface area contributed by atoms with Gasteiger partial charge in [0.25, 0.3) is 5.91 Å². The average molecular weight is 463 g/mol. The first kappa shape index (κ1) is 22.1. The van der Waals surface area contributed by atoms with Crippen molar-refractivity contribution in [3.05, 3.63) is 72.1 Å². The lowest BCUT2D eigenvalue weighted by Gasteiger charge is -2.13. The SMILES string of the molecule is O=C(Nc1ccc(S(=O)(=O)C2CCCC2)cc1)c1cnn(-c2ccccc2)c1C(F)(F)F. The van der Waals surface area contributed by atoms with Crippen LogP contribution < -0.4 is 5.32 Å². The van der Waals surface area contributed by atoms with E-state index < -0.39 is 38.4 Å². The Balaban J connectivity index is 1.59. The lowest BCUT2D eigenvalue weighted by Crippen LogP contribution is -2.21. The lowest BCUT2D eigenvalue weighted by molar-refractivity contribution is -0.143. The van der Waals surface area contributed by atoms with Gasteiger partial charge in [0, 0.05) is 5.69 Å². The Bertz CT molecular complexity index is 1210. The van der Waals surface area contributed by atoms with Crippen LogP contribution >= 0.6 is 0 Å². The van der Waals surface area contributed by atoms with Gasteiger partial charge in [0.2, 0.25) is 0 Å². The molecule has 3 aromatic rings. The Hall–Kier alpha value is -3.14. The van der Waals surface area contributed by atoms with Crippen LogP contribution in [-0.4, -0.2) is 29.4 Å². The summed E-state index contributed by atoms with van der Waals surface area (Å²) in [6, 6.07) is 13.2. The number of sulfone groups is 1. The smallest absolute Gasteiger partial charge is 0.322 e. The molecular weight excluding hydrogens is 443 g/mol. The van der Waals surface area contributed by atoms with E-state index in [1.54, 1.807) is 18.2 Å². The highest BCUT2D eigenvalue weighted by molar-refractivity contribution is 7.92. The number of aromatic nitrogens is 2. The number of rotatable bonds is 5. The molecule has 1 heterocycles. The first-order valence-corrected chi connectivity index (χ1v) is 11.6. The molecule has 10 heteroatoms. The number of para-hydroxylation sites is 1. The van der Waals surface area contributed by atoms with Crippen molar-refractivity contribution in [3.8, 4) is 5.69 Å². The maximum atomic E-state index is 13.8. The molecule has 1 aliphatic rings. The molecule has 32 heavy (non-hydrogen) atoms. The van der Waals surface area contributed by atoms with Crippen LogP contribution in [0.2, 0.25) is 0 Å². The summed E-state index contributed by atoms with van der Waals surface area (Å²) in [5.41, 5.74) is -1.48. The number of halogens is 3. The summed E-state index contributed by atoms with van der Waals surface area (Å²) in [4.78, 5) is 12.8. The number of nitrogens with zero attached hydrogens (tertiary/aromatic N) is 2. The van der Waals surface area contributed by atoms with Crippen molar-refractivity contribution >= 4 is 21.4 Å². The number of amides is 1. The number of hydrogen-bond acceptors (Lipinski definition) is 4. The van der Waals surface area contributed by atoms with Gasteiger partial charge in [-0.15, -0.1) is 0 Å². The number of hydrogen-bond donors (Lipinski definition) is 1. The molecule has 0 radical (unpaired) electrons. The summed E-state index contributed by atoms with van der Waals surface area (Å²) in [5.74, 6) is -0.995. The topological polar surface area (TPSA) is 81.1 Å². The monoisotopic (exact) mass is 463 g/mol. The zero-order chi connectivity index (χ0) is 22.9. The van der Waals surface area contributed by atoms with Crippen LogP contribution in [0.5, 0.6) is 0 Å². The van der Waals surface area contributed by atoms with E-state index in [2.05, 4.69) is 10.4 Å². The third-order valence-electron chi connectivity index (χ3n) is 5.46. The van der Waals surface area contributed by atoms with E-state index in [1.165, 1.54) is 36.4 Å². The first-order chi connectivity index (χ1) is 15.2. The molecule has 6 nitrogen and oxygen atoms in total. The van der Waals surface area contributed by atoms with E-state index in [0.29, 0.717) is 17.5 Å². The second-order valence-corrected chi connectivity index (χ2v) is 9.81. The summed E-state index contributed by atoms with van der Waals surface area (Å²) in [7, 11) is -3.46. The van der Waals surface area contributed by atoms with Gasteiger partial charge in [-0.3, -0.25) is 4.79 Å². The summed E-state index contributed by atoms with van der Waals surface area (Å²) in [5, 5.41) is 5.74. The van der Waals surface area contributed by atoms with Crippen molar-refractivity contribution < 1.29 is 26.4 Å². The molecule has 0 atom stereocenters. The van der Waals surface area contributed by atoms with E-state index >= 15 is 0 Å². The van der Waals surface area contributed by atoms with Crippen LogP contribution in [0, 0.1) is 0 Å². The van der Waals surface area contributed by atoms with Crippen molar-refractivity contribution in [2.24, 2.45) is 0 Å². The fourth-order valence-corrected chi connectivity index (χ4v) is 5.72. The molecule has 1 fully saturated rings. The fourth-order valence-electron chi connectivity index (χ4n) is 3.87. The van der Waals surface area contributed by atoms with Gasteiger partial charge in [-0.25, -0.2) is 13.1 Å². The van der Waals surface area contributed by atoms with E-state index in [0.717, 1.165) is 19.0 Å². The van der Waals surface area contributed by atoms with Gasteiger partial charge in [-0.2, -0.15) is 18.3 Å². The largest absolute Gasteiger partial charge is 0.434 e. The molecule has 1 amide bonds. The number of anilines is 1. The molecule has 0 bridgehead atoms. The minimum absolute atomic E-state index is 0.135. The highest BCUT2D eigenvalue weighted by atomic mass is 32.2. The number of alkyl halides is 3. The maximum absolute atomic E-state index is 13.8. The Morgan fingerprint density at radius 1 is 1.00 bits per heavy atom.